The van der Waals surface area contributed by atoms with Gasteiger partial charge in [0.1, 0.15) is 0 Å². The monoisotopic (exact) mass is 306 g/mol. The van der Waals surface area contributed by atoms with Crippen LogP contribution in [0.25, 0.3) is 0 Å². The van der Waals surface area contributed by atoms with Gasteiger partial charge in [-0.15, -0.1) is 0 Å². The van der Waals surface area contributed by atoms with Gasteiger partial charge in [-0.2, -0.15) is 0 Å². The largest absolute Gasteiger partial charge is 0.391 e. The Bertz CT molecular complexity index is 399. The quantitative estimate of drug-likeness (QED) is 0.843. The van der Waals surface area contributed by atoms with Gasteiger partial charge in [0.15, 0.2) is 0 Å². The van der Waals surface area contributed by atoms with Crippen LogP contribution in [0.3, 0.4) is 0 Å². The Morgan fingerprint density at radius 1 is 0.955 bits per heavy atom. The highest BCUT2D eigenvalue weighted by Gasteiger charge is 2.43. The number of hydrogen-bond donors (Lipinski definition) is 1. The zero-order chi connectivity index (χ0) is 15.1. The van der Waals surface area contributed by atoms with E-state index in [1.807, 2.05) is 0 Å². The number of rotatable bonds is 5. The first-order chi connectivity index (χ1) is 10.7. The van der Waals surface area contributed by atoms with Crippen molar-refractivity contribution >= 4 is 5.91 Å². The van der Waals surface area contributed by atoms with Crippen LogP contribution in [0, 0.1) is 17.8 Å². The van der Waals surface area contributed by atoms with E-state index < -0.39 is 0 Å². The highest BCUT2D eigenvalue weighted by atomic mass is 16.3. The van der Waals surface area contributed by atoms with E-state index in [4.69, 9.17) is 0 Å². The van der Waals surface area contributed by atoms with Crippen molar-refractivity contribution in [3.8, 4) is 0 Å². The molecule has 4 aliphatic rings. The molecule has 2 atom stereocenters. The number of carbonyl (C=O) groups excluding carboxylic acids is 1. The molecule has 3 saturated carbocycles. The first-order valence-corrected chi connectivity index (χ1v) is 9.42. The van der Waals surface area contributed by atoms with Crippen LogP contribution in [0.4, 0.5) is 0 Å². The molecule has 1 amide bonds. The predicted octanol–water partition coefficient (Wildman–Crippen LogP) is 1.87. The number of nitrogens with zero attached hydrogens (tertiary/aromatic N) is 2. The maximum Gasteiger partial charge on any atom is 0.222 e. The molecule has 1 saturated heterocycles. The number of hydrogen-bond acceptors (Lipinski definition) is 3. The topological polar surface area (TPSA) is 43.8 Å². The van der Waals surface area contributed by atoms with Gasteiger partial charge in [0, 0.05) is 38.6 Å². The number of aliphatic hydroxyl groups excluding tert-OH is 1. The second kappa shape index (κ2) is 6.12. The van der Waals surface area contributed by atoms with E-state index in [-0.39, 0.29) is 6.10 Å². The molecule has 1 N–H and O–H groups in total. The fourth-order valence-corrected chi connectivity index (χ4v) is 4.75. The van der Waals surface area contributed by atoms with Gasteiger partial charge >= 0.3 is 0 Å². The van der Waals surface area contributed by atoms with Crippen molar-refractivity contribution in [1.29, 1.82) is 0 Å². The Kier molecular flexibility index (Phi) is 4.16. The maximum absolute atomic E-state index is 12.6. The highest BCUT2D eigenvalue weighted by molar-refractivity contribution is 5.76. The lowest BCUT2D eigenvalue weighted by molar-refractivity contribution is -0.135. The molecule has 124 valence electrons. The summed E-state index contributed by atoms with van der Waals surface area (Å²) < 4.78 is 0. The molecule has 0 radical (unpaired) electrons. The average molecular weight is 306 g/mol. The van der Waals surface area contributed by atoms with Crippen LogP contribution in [0.1, 0.15) is 51.4 Å². The van der Waals surface area contributed by atoms with Crippen LogP contribution in [-0.4, -0.2) is 59.1 Å². The summed E-state index contributed by atoms with van der Waals surface area (Å²) in [4.78, 5) is 17.1. The van der Waals surface area contributed by atoms with Gasteiger partial charge in [0.25, 0.3) is 0 Å². The molecule has 0 aromatic heterocycles. The lowest BCUT2D eigenvalue weighted by atomic mass is 9.93. The van der Waals surface area contributed by atoms with Gasteiger partial charge < -0.3 is 10.0 Å². The van der Waals surface area contributed by atoms with E-state index >= 15 is 0 Å². The molecule has 1 heterocycles. The average Bonchev–Trinajstić information content (AvgIpc) is 3.44. The standard InChI is InChI=1S/C18H30N2O2/c21-17-3-1-2-16(17)19-8-10-20(11-9-19)18(22)12-15(13-4-5-13)14-6-7-14/h13-17,21H,1-12H2/t16-,17-/m0/s1. The third-order valence-electron chi connectivity index (χ3n) is 6.45. The molecule has 0 aromatic rings. The summed E-state index contributed by atoms with van der Waals surface area (Å²) in [6.45, 7) is 3.63. The van der Waals surface area contributed by atoms with E-state index in [0.29, 0.717) is 17.9 Å². The molecule has 4 heteroatoms. The summed E-state index contributed by atoms with van der Waals surface area (Å²) in [7, 11) is 0. The molecule has 4 fully saturated rings. The van der Waals surface area contributed by atoms with Crippen LogP contribution in [0.2, 0.25) is 0 Å². The Labute approximate surface area is 133 Å². The second-order valence-corrected chi connectivity index (χ2v) is 8.03. The summed E-state index contributed by atoms with van der Waals surface area (Å²) >= 11 is 0. The third-order valence-corrected chi connectivity index (χ3v) is 6.45. The second-order valence-electron chi connectivity index (χ2n) is 8.03. The SMILES string of the molecule is O=C(CC(C1CC1)C1CC1)N1CCN([C@H]2CCC[C@@H]2O)CC1. The Balaban J connectivity index is 1.26. The van der Waals surface area contributed by atoms with E-state index in [1.54, 1.807) is 0 Å². The van der Waals surface area contributed by atoms with Crippen LogP contribution >= 0.6 is 0 Å². The van der Waals surface area contributed by atoms with E-state index in [2.05, 4.69) is 9.80 Å². The van der Waals surface area contributed by atoms with Crippen molar-refractivity contribution in [2.75, 3.05) is 26.2 Å². The van der Waals surface area contributed by atoms with Gasteiger partial charge in [0.2, 0.25) is 5.91 Å². The zero-order valence-electron chi connectivity index (χ0n) is 13.6. The molecule has 0 unspecified atom stereocenters. The fourth-order valence-electron chi connectivity index (χ4n) is 4.75. The van der Waals surface area contributed by atoms with Crippen molar-refractivity contribution < 1.29 is 9.90 Å². The van der Waals surface area contributed by atoms with Gasteiger partial charge in [-0.1, -0.05) is 0 Å². The molecule has 3 aliphatic carbocycles. The molecule has 1 aliphatic heterocycles. The maximum atomic E-state index is 12.6. The van der Waals surface area contributed by atoms with Gasteiger partial charge in [-0.3, -0.25) is 9.69 Å². The Morgan fingerprint density at radius 3 is 2.09 bits per heavy atom. The number of piperazine rings is 1. The van der Waals surface area contributed by atoms with Gasteiger partial charge in [0.05, 0.1) is 6.10 Å². The summed E-state index contributed by atoms with van der Waals surface area (Å²) in [6, 6.07) is 0.350. The first kappa shape index (κ1) is 14.9. The highest BCUT2D eigenvalue weighted by Crippen LogP contribution is 2.50. The smallest absolute Gasteiger partial charge is 0.222 e. The van der Waals surface area contributed by atoms with Gasteiger partial charge in [-0.25, -0.2) is 0 Å². The molecule has 22 heavy (non-hydrogen) atoms. The van der Waals surface area contributed by atoms with Gasteiger partial charge in [-0.05, 0) is 62.7 Å². The molecule has 0 bridgehead atoms. The Hall–Kier alpha value is -0.610. The van der Waals surface area contributed by atoms with E-state index in [0.717, 1.165) is 63.7 Å². The summed E-state index contributed by atoms with van der Waals surface area (Å²) in [5.41, 5.74) is 0. The minimum Gasteiger partial charge on any atom is -0.391 e. The molecular formula is C18H30N2O2. The first-order valence-electron chi connectivity index (χ1n) is 9.42. The lowest BCUT2D eigenvalue weighted by Crippen LogP contribution is -2.53. The molecule has 0 spiro atoms. The Morgan fingerprint density at radius 2 is 1.59 bits per heavy atom. The van der Waals surface area contributed by atoms with Crippen molar-refractivity contribution in [3.63, 3.8) is 0 Å². The van der Waals surface area contributed by atoms with Crippen LogP contribution in [-0.2, 0) is 4.79 Å². The number of carbonyl (C=O) groups is 1. The predicted molar refractivity (Wildman–Crippen MR) is 85.4 cm³/mol. The molecule has 4 rings (SSSR count). The van der Waals surface area contributed by atoms with E-state index in [1.165, 1.54) is 25.7 Å². The van der Waals surface area contributed by atoms with Crippen molar-refractivity contribution in [3.05, 3.63) is 0 Å². The van der Waals surface area contributed by atoms with Crippen molar-refractivity contribution in [2.24, 2.45) is 17.8 Å². The number of aliphatic hydroxyl groups is 1. The minimum absolute atomic E-state index is 0.142. The zero-order valence-corrected chi connectivity index (χ0v) is 13.6. The van der Waals surface area contributed by atoms with Crippen molar-refractivity contribution in [1.82, 2.24) is 9.80 Å². The van der Waals surface area contributed by atoms with Crippen molar-refractivity contribution in [2.45, 2.75) is 63.5 Å². The third kappa shape index (κ3) is 3.18. The number of amides is 1. The summed E-state index contributed by atoms with van der Waals surface area (Å²) in [5, 5.41) is 10.0. The van der Waals surface area contributed by atoms with Crippen LogP contribution < -0.4 is 0 Å². The van der Waals surface area contributed by atoms with E-state index in [9.17, 15) is 9.90 Å². The lowest BCUT2D eigenvalue weighted by Gasteiger charge is -2.39. The normalized spacial score (nSPS) is 33.6. The van der Waals surface area contributed by atoms with Crippen LogP contribution in [0.5, 0.6) is 0 Å². The minimum atomic E-state index is -0.142. The summed E-state index contributed by atoms with van der Waals surface area (Å²) in [5.74, 6) is 2.83. The van der Waals surface area contributed by atoms with Crippen LogP contribution in [0.15, 0.2) is 0 Å². The molecular weight excluding hydrogens is 276 g/mol. The summed E-state index contributed by atoms with van der Waals surface area (Å²) in [6.07, 6.45) is 9.34. The fraction of sp³-hybridized carbons (Fsp3) is 0.944. The molecule has 0 aromatic carbocycles. The molecule has 4 nitrogen and oxygen atoms in total.